The second-order valence-electron chi connectivity index (χ2n) is 6.31. The van der Waals surface area contributed by atoms with E-state index in [1.165, 1.54) is 11.0 Å². The molecule has 1 aliphatic rings. The number of nitrogens with one attached hydrogen (secondary N) is 1. The van der Waals surface area contributed by atoms with E-state index in [2.05, 4.69) is 21.4 Å². The monoisotopic (exact) mass is 317 g/mol. The van der Waals surface area contributed by atoms with Crippen LogP contribution in [0, 0.1) is 0 Å². The van der Waals surface area contributed by atoms with Crippen LogP contribution in [0.2, 0.25) is 0 Å². The molecule has 0 unspecified atom stereocenters. The summed E-state index contributed by atoms with van der Waals surface area (Å²) in [6, 6.07) is 0. The Morgan fingerprint density at radius 2 is 1.96 bits per heavy atom. The Morgan fingerprint density at radius 1 is 1.26 bits per heavy atom. The van der Waals surface area contributed by atoms with Gasteiger partial charge in [0, 0.05) is 26.7 Å². The molecule has 0 radical (unpaired) electrons. The van der Waals surface area contributed by atoms with Crippen molar-refractivity contribution in [3.05, 3.63) is 33.0 Å². The molecule has 3 heterocycles. The minimum absolute atomic E-state index is 0.374. The molecule has 0 saturated carbocycles. The van der Waals surface area contributed by atoms with Gasteiger partial charge in [-0.1, -0.05) is 5.57 Å². The molecule has 0 spiro atoms. The normalized spacial score (nSPS) is 15.3. The van der Waals surface area contributed by atoms with E-state index < -0.39 is 5.69 Å². The molecule has 3 rings (SSSR count). The fourth-order valence-corrected chi connectivity index (χ4v) is 3.07. The van der Waals surface area contributed by atoms with Crippen molar-refractivity contribution < 1.29 is 0 Å². The van der Waals surface area contributed by atoms with Gasteiger partial charge in [0.15, 0.2) is 11.2 Å². The molecule has 23 heavy (non-hydrogen) atoms. The van der Waals surface area contributed by atoms with Gasteiger partial charge in [-0.25, -0.2) is 4.79 Å². The number of hydrogen-bond acceptors (Lipinski definition) is 4. The number of rotatable bonds is 4. The van der Waals surface area contributed by atoms with Gasteiger partial charge in [-0.15, -0.1) is 6.58 Å². The van der Waals surface area contributed by atoms with Gasteiger partial charge < -0.3 is 9.47 Å². The molecule has 1 fully saturated rings. The summed E-state index contributed by atoms with van der Waals surface area (Å²) in [4.78, 5) is 33.4. The summed E-state index contributed by atoms with van der Waals surface area (Å²) >= 11 is 0. The van der Waals surface area contributed by atoms with E-state index in [-0.39, 0.29) is 5.56 Å². The lowest BCUT2D eigenvalue weighted by atomic mass is 10.1. The number of aromatic nitrogens is 4. The molecular weight excluding hydrogens is 294 g/mol. The largest absolute Gasteiger partial charge is 0.342 e. The Hall–Kier alpha value is -2.31. The fraction of sp³-hybridized carbons (Fsp3) is 0.562. The van der Waals surface area contributed by atoms with Gasteiger partial charge in [0.1, 0.15) is 0 Å². The molecular formula is C16H23N5O2. The Morgan fingerprint density at radius 3 is 2.61 bits per heavy atom. The average molecular weight is 317 g/mol. The van der Waals surface area contributed by atoms with Crippen molar-refractivity contribution in [1.29, 1.82) is 0 Å². The molecule has 7 nitrogen and oxygen atoms in total. The topological polar surface area (TPSA) is 75.9 Å². The summed E-state index contributed by atoms with van der Waals surface area (Å²) in [5.74, 6) is 0.785. The Balaban J connectivity index is 2.20. The van der Waals surface area contributed by atoms with E-state index >= 15 is 0 Å². The predicted octanol–water partition coefficient (Wildman–Crippen LogP) is 1.38. The van der Waals surface area contributed by atoms with E-state index in [1.807, 2.05) is 11.5 Å². The maximum absolute atomic E-state index is 12.3. The zero-order chi connectivity index (χ0) is 16.6. The lowest BCUT2D eigenvalue weighted by molar-refractivity contribution is 0.554. The highest BCUT2D eigenvalue weighted by Gasteiger charge is 2.22. The van der Waals surface area contributed by atoms with Gasteiger partial charge in [-0.2, -0.15) is 4.98 Å². The first-order valence-corrected chi connectivity index (χ1v) is 8.08. The van der Waals surface area contributed by atoms with Gasteiger partial charge >= 0.3 is 5.69 Å². The number of anilines is 1. The molecule has 1 N–H and O–H groups in total. The Kier molecular flexibility index (Phi) is 4.11. The molecule has 0 aromatic carbocycles. The minimum atomic E-state index is -0.433. The Bertz CT molecular complexity index is 852. The molecule has 124 valence electrons. The average Bonchev–Trinajstić information content (AvgIpc) is 2.91. The third-order valence-corrected chi connectivity index (χ3v) is 4.39. The SMILES string of the molecule is C=C(C)CCn1c(N2CCCCC2)nc2c1c(=O)[nH]c(=O)n2C. The maximum atomic E-state index is 12.3. The van der Waals surface area contributed by atoms with Crippen molar-refractivity contribution in [2.75, 3.05) is 18.0 Å². The second-order valence-corrected chi connectivity index (χ2v) is 6.31. The molecule has 0 atom stereocenters. The second kappa shape index (κ2) is 6.06. The third-order valence-electron chi connectivity index (χ3n) is 4.39. The van der Waals surface area contributed by atoms with Crippen molar-refractivity contribution in [2.24, 2.45) is 7.05 Å². The Labute approximate surface area is 134 Å². The van der Waals surface area contributed by atoms with Crippen LogP contribution in [-0.4, -0.2) is 32.2 Å². The van der Waals surface area contributed by atoms with E-state index in [0.29, 0.717) is 17.7 Å². The molecule has 0 bridgehead atoms. The van der Waals surface area contributed by atoms with E-state index in [0.717, 1.165) is 43.9 Å². The summed E-state index contributed by atoms with van der Waals surface area (Å²) in [6.07, 6.45) is 4.24. The van der Waals surface area contributed by atoms with Crippen LogP contribution in [0.3, 0.4) is 0 Å². The van der Waals surface area contributed by atoms with Crippen LogP contribution in [0.5, 0.6) is 0 Å². The van der Waals surface area contributed by atoms with Crippen LogP contribution in [0.25, 0.3) is 11.2 Å². The van der Waals surface area contributed by atoms with E-state index in [9.17, 15) is 9.59 Å². The molecule has 0 aliphatic carbocycles. The summed E-state index contributed by atoms with van der Waals surface area (Å²) in [7, 11) is 1.64. The molecule has 7 heteroatoms. The standard InChI is InChI=1S/C16H23N5O2/c1-11(2)7-10-21-12-13(19(3)16(23)18-14(12)22)17-15(21)20-8-5-4-6-9-20/h1,4-10H2,2-3H3,(H,18,22,23). The zero-order valence-corrected chi connectivity index (χ0v) is 13.8. The lowest BCUT2D eigenvalue weighted by Crippen LogP contribution is -2.32. The van der Waals surface area contributed by atoms with Crippen LogP contribution in [0.1, 0.15) is 32.6 Å². The highest BCUT2D eigenvalue weighted by Crippen LogP contribution is 2.23. The van der Waals surface area contributed by atoms with Crippen LogP contribution in [-0.2, 0) is 13.6 Å². The zero-order valence-electron chi connectivity index (χ0n) is 13.8. The van der Waals surface area contributed by atoms with Gasteiger partial charge in [0.25, 0.3) is 5.56 Å². The first-order valence-electron chi connectivity index (χ1n) is 8.08. The highest BCUT2D eigenvalue weighted by molar-refractivity contribution is 5.74. The van der Waals surface area contributed by atoms with Crippen molar-refractivity contribution in [3.63, 3.8) is 0 Å². The number of hydrogen-bond donors (Lipinski definition) is 1. The molecule has 1 aliphatic heterocycles. The number of H-pyrrole nitrogens is 1. The first-order chi connectivity index (χ1) is 11.0. The number of nitrogens with zero attached hydrogens (tertiary/aromatic N) is 4. The van der Waals surface area contributed by atoms with Crippen molar-refractivity contribution >= 4 is 17.1 Å². The number of aryl methyl sites for hydroxylation is 2. The summed E-state index contributed by atoms with van der Waals surface area (Å²) in [6.45, 7) is 8.42. The number of piperidine rings is 1. The smallest absolute Gasteiger partial charge is 0.329 e. The highest BCUT2D eigenvalue weighted by atomic mass is 16.2. The lowest BCUT2D eigenvalue weighted by Gasteiger charge is -2.28. The minimum Gasteiger partial charge on any atom is -0.342 e. The van der Waals surface area contributed by atoms with E-state index in [4.69, 9.17) is 0 Å². The van der Waals surface area contributed by atoms with Gasteiger partial charge in [0.05, 0.1) is 0 Å². The predicted molar refractivity (Wildman–Crippen MR) is 91.1 cm³/mol. The summed E-state index contributed by atoms with van der Waals surface area (Å²) in [5, 5.41) is 0. The van der Waals surface area contributed by atoms with Gasteiger partial charge in [-0.05, 0) is 32.6 Å². The first kappa shape index (κ1) is 15.6. The van der Waals surface area contributed by atoms with Crippen LogP contribution in [0.15, 0.2) is 21.7 Å². The molecule has 0 amide bonds. The number of aromatic amines is 1. The molecule has 2 aromatic rings. The van der Waals surface area contributed by atoms with Crippen molar-refractivity contribution in [3.8, 4) is 0 Å². The summed E-state index contributed by atoms with van der Waals surface area (Å²) in [5.41, 5.74) is 1.16. The summed E-state index contributed by atoms with van der Waals surface area (Å²) < 4.78 is 3.34. The van der Waals surface area contributed by atoms with Crippen LogP contribution in [0.4, 0.5) is 5.95 Å². The number of imidazole rings is 1. The molecule has 1 saturated heterocycles. The third kappa shape index (κ3) is 2.83. The van der Waals surface area contributed by atoms with E-state index in [1.54, 1.807) is 7.05 Å². The van der Waals surface area contributed by atoms with Crippen molar-refractivity contribution in [1.82, 2.24) is 19.1 Å². The maximum Gasteiger partial charge on any atom is 0.329 e. The van der Waals surface area contributed by atoms with Crippen molar-refractivity contribution in [2.45, 2.75) is 39.2 Å². The van der Waals surface area contributed by atoms with Gasteiger partial charge in [-0.3, -0.25) is 14.3 Å². The molecule has 2 aromatic heterocycles. The van der Waals surface area contributed by atoms with Crippen LogP contribution >= 0.6 is 0 Å². The number of allylic oxidation sites excluding steroid dienone is 1. The van der Waals surface area contributed by atoms with Gasteiger partial charge in [0.2, 0.25) is 5.95 Å². The van der Waals surface area contributed by atoms with Crippen LogP contribution < -0.4 is 16.1 Å². The quantitative estimate of drug-likeness (QED) is 0.864. The fourth-order valence-electron chi connectivity index (χ4n) is 3.07. The number of fused-ring (bicyclic) bond motifs is 1.